The Kier molecular flexibility index (Phi) is 6.45. The molecule has 0 saturated heterocycles. The molecule has 1 aliphatic rings. The predicted molar refractivity (Wildman–Crippen MR) is 129 cm³/mol. The van der Waals surface area contributed by atoms with Crippen molar-refractivity contribution in [2.45, 2.75) is 18.6 Å². The Balaban J connectivity index is 1.36. The highest BCUT2D eigenvalue weighted by Gasteiger charge is 2.17. The number of nitrogens with zero attached hydrogens (tertiary/aromatic N) is 1. The van der Waals surface area contributed by atoms with Gasteiger partial charge in [-0.15, -0.1) is 0 Å². The zero-order chi connectivity index (χ0) is 20.8. The maximum atomic E-state index is 12.5. The van der Waals surface area contributed by atoms with E-state index in [1.807, 2.05) is 60.7 Å². The van der Waals surface area contributed by atoms with E-state index in [-0.39, 0.29) is 5.78 Å². The van der Waals surface area contributed by atoms with Gasteiger partial charge >= 0.3 is 0 Å². The lowest BCUT2D eigenvalue weighted by Crippen LogP contribution is -2.07. The summed E-state index contributed by atoms with van der Waals surface area (Å²) in [6, 6.07) is 26.0. The van der Waals surface area contributed by atoms with Gasteiger partial charge in [0, 0.05) is 16.5 Å². The van der Waals surface area contributed by atoms with E-state index in [0.29, 0.717) is 10.8 Å². The lowest BCUT2D eigenvalue weighted by atomic mass is 10.0. The molecule has 4 rings (SSSR count). The highest BCUT2D eigenvalue weighted by molar-refractivity contribution is 8.15. The summed E-state index contributed by atoms with van der Waals surface area (Å²) < 4.78 is 0. The van der Waals surface area contributed by atoms with Crippen molar-refractivity contribution in [2.24, 2.45) is 4.99 Å². The van der Waals surface area contributed by atoms with Gasteiger partial charge in [-0.3, -0.25) is 9.79 Å². The van der Waals surface area contributed by atoms with Crippen molar-refractivity contribution in [3.05, 3.63) is 96.1 Å². The Morgan fingerprint density at radius 2 is 1.70 bits per heavy atom. The fourth-order valence-corrected chi connectivity index (χ4v) is 4.18. The molecule has 30 heavy (non-hydrogen) atoms. The number of thioether (sulfide) groups is 1. The van der Waals surface area contributed by atoms with Crippen LogP contribution in [0.4, 0.5) is 5.69 Å². The van der Waals surface area contributed by atoms with Crippen molar-refractivity contribution < 1.29 is 4.79 Å². The SMILES string of the molecule is CC[C@@H]1CN=C(Nc2ccc(C(=O)/C=C/c3ccc(-c4ccccc4)cc3)cc2)S1. The van der Waals surface area contributed by atoms with Crippen molar-refractivity contribution in [3.63, 3.8) is 0 Å². The molecular formula is C26H24N2OS. The van der Waals surface area contributed by atoms with E-state index in [1.165, 1.54) is 5.56 Å². The molecule has 3 aromatic carbocycles. The molecule has 1 atom stereocenters. The number of rotatable bonds is 6. The molecule has 1 heterocycles. The molecule has 0 amide bonds. The van der Waals surface area contributed by atoms with Gasteiger partial charge in [-0.1, -0.05) is 79.4 Å². The fraction of sp³-hybridized carbons (Fsp3) is 0.154. The van der Waals surface area contributed by atoms with Crippen LogP contribution in [-0.2, 0) is 0 Å². The van der Waals surface area contributed by atoms with Gasteiger partial charge in [0.15, 0.2) is 11.0 Å². The van der Waals surface area contributed by atoms with Crippen molar-refractivity contribution in [1.29, 1.82) is 0 Å². The quantitative estimate of drug-likeness (QED) is 0.369. The molecule has 0 radical (unpaired) electrons. The first-order chi connectivity index (χ1) is 14.7. The number of hydrogen-bond acceptors (Lipinski definition) is 4. The van der Waals surface area contributed by atoms with E-state index in [0.717, 1.165) is 34.9 Å². The summed E-state index contributed by atoms with van der Waals surface area (Å²) in [6.07, 6.45) is 4.61. The van der Waals surface area contributed by atoms with Crippen molar-refractivity contribution in [3.8, 4) is 11.1 Å². The highest BCUT2D eigenvalue weighted by Crippen LogP contribution is 2.25. The zero-order valence-corrected chi connectivity index (χ0v) is 17.7. The van der Waals surface area contributed by atoms with Crippen LogP contribution in [0.15, 0.2) is 89.9 Å². The summed E-state index contributed by atoms with van der Waals surface area (Å²) in [5.41, 5.74) is 4.98. The van der Waals surface area contributed by atoms with Gasteiger partial charge in [-0.2, -0.15) is 0 Å². The Morgan fingerprint density at radius 3 is 2.37 bits per heavy atom. The molecule has 0 spiro atoms. The van der Waals surface area contributed by atoms with Crippen molar-refractivity contribution in [1.82, 2.24) is 0 Å². The average Bonchev–Trinajstić information content (AvgIpc) is 3.26. The van der Waals surface area contributed by atoms with Gasteiger partial charge in [0.05, 0.1) is 6.54 Å². The third-order valence-corrected chi connectivity index (χ3v) is 6.31. The van der Waals surface area contributed by atoms with E-state index in [9.17, 15) is 4.79 Å². The molecule has 0 fully saturated rings. The molecule has 1 aliphatic heterocycles. The summed E-state index contributed by atoms with van der Waals surface area (Å²) in [4.78, 5) is 17.0. The summed E-state index contributed by atoms with van der Waals surface area (Å²) in [6.45, 7) is 3.05. The molecule has 0 aliphatic carbocycles. The molecule has 3 aromatic rings. The first-order valence-corrected chi connectivity index (χ1v) is 11.1. The number of amidine groups is 1. The predicted octanol–water partition coefficient (Wildman–Crippen LogP) is 6.54. The minimum absolute atomic E-state index is 0.00712. The number of nitrogens with one attached hydrogen (secondary N) is 1. The van der Waals surface area contributed by atoms with E-state index in [1.54, 1.807) is 17.8 Å². The van der Waals surface area contributed by atoms with Crippen LogP contribution >= 0.6 is 11.8 Å². The summed E-state index contributed by atoms with van der Waals surface area (Å²) in [7, 11) is 0. The number of aliphatic imine (C=N–C) groups is 1. The van der Waals surface area contributed by atoms with E-state index in [2.05, 4.69) is 41.5 Å². The Labute approximate surface area is 181 Å². The van der Waals surface area contributed by atoms with Gasteiger partial charge in [0.25, 0.3) is 0 Å². The first kappa shape index (κ1) is 20.2. The highest BCUT2D eigenvalue weighted by atomic mass is 32.2. The third-order valence-electron chi connectivity index (χ3n) is 5.04. The van der Waals surface area contributed by atoms with Gasteiger partial charge in [0.1, 0.15) is 0 Å². The van der Waals surface area contributed by atoms with Crippen LogP contribution in [0.2, 0.25) is 0 Å². The standard InChI is InChI=1S/C26H24N2OS/c1-2-24-18-27-26(30-24)28-23-15-13-22(14-16-23)25(29)17-10-19-8-11-21(12-9-19)20-6-4-3-5-7-20/h3-17,24H,2,18H2,1H3,(H,27,28)/b17-10+/t24-/m1/s1. The van der Waals surface area contributed by atoms with Crippen LogP contribution in [0.5, 0.6) is 0 Å². The molecule has 0 aromatic heterocycles. The molecule has 1 N–H and O–H groups in total. The van der Waals surface area contributed by atoms with Gasteiger partial charge < -0.3 is 5.32 Å². The number of allylic oxidation sites excluding steroid dienone is 1. The maximum absolute atomic E-state index is 12.5. The smallest absolute Gasteiger partial charge is 0.185 e. The van der Waals surface area contributed by atoms with Crippen LogP contribution in [0, 0.1) is 0 Å². The van der Waals surface area contributed by atoms with Crippen LogP contribution in [0.25, 0.3) is 17.2 Å². The number of carbonyl (C=O) groups excluding carboxylic acids is 1. The lowest BCUT2D eigenvalue weighted by Gasteiger charge is -2.07. The monoisotopic (exact) mass is 412 g/mol. The van der Waals surface area contributed by atoms with Crippen molar-refractivity contribution >= 4 is 34.5 Å². The molecule has 150 valence electrons. The van der Waals surface area contributed by atoms with E-state index < -0.39 is 0 Å². The van der Waals surface area contributed by atoms with Gasteiger partial charge in [-0.25, -0.2) is 0 Å². The summed E-state index contributed by atoms with van der Waals surface area (Å²) in [5, 5.41) is 4.86. The fourth-order valence-electron chi connectivity index (χ4n) is 3.23. The minimum atomic E-state index is -0.00712. The number of carbonyl (C=O) groups is 1. The Morgan fingerprint density at radius 1 is 1.00 bits per heavy atom. The Hall–Kier alpha value is -3.11. The molecule has 4 heteroatoms. The first-order valence-electron chi connectivity index (χ1n) is 10.2. The Bertz CT molecular complexity index is 1050. The number of benzene rings is 3. The molecule has 0 bridgehead atoms. The van der Waals surface area contributed by atoms with Crippen LogP contribution in [0.3, 0.4) is 0 Å². The third kappa shape index (κ3) is 5.08. The molecule has 0 unspecified atom stereocenters. The van der Waals surface area contributed by atoms with Gasteiger partial charge in [-0.05, 0) is 53.5 Å². The second kappa shape index (κ2) is 9.59. The molecule has 3 nitrogen and oxygen atoms in total. The normalized spacial score (nSPS) is 15.9. The molecular weight excluding hydrogens is 388 g/mol. The summed E-state index contributed by atoms with van der Waals surface area (Å²) in [5.74, 6) is -0.00712. The van der Waals surface area contributed by atoms with E-state index >= 15 is 0 Å². The second-order valence-electron chi connectivity index (χ2n) is 7.18. The average molecular weight is 413 g/mol. The number of ketones is 1. The van der Waals surface area contributed by atoms with Crippen LogP contribution in [-0.4, -0.2) is 22.7 Å². The van der Waals surface area contributed by atoms with E-state index in [4.69, 9.17) is 0 Å². The topological polar surface area (TPSA) is 41.5 Å². The maximum Gasteiger partial charge on any atom is 0.185 e. The van der Waals surface area contributed by atoms with Gasteiger partial charge in [0.2, 0.25) is 0 Å². The van der Waals surface area contributed by atoms with Crippen molar-refractivity contribution in [2.75, 3.05) is 11.9 Å². The minimum Gasteiger partial charge on any atom is -0.335 e. The van der Waals surface area contributed by atoms with Crippen LogP contribution in [0.1, 0.15) is 29.3 Å². The number of hydrogen-bond donors (Lipinski definition) is 1. The lowest BCUT2D eigenvalue weighted by molar-refractivity contribution is 0.104. The largest absolute Gasteiger partial charge is 0.335 e. The second-order valence-corrected chi connectivity index (χ2v) is 8.47. The number of anilines is 1. The van der Waals surface area contributed by atoms with Crippen LogP contribution < -0.4 is 5.32 Å². The molecule has 0 saturated carbocycles. The zero-order valence-electron chi connectivity index (χ0n) is 16.9. The summed E-state index contributed by atoms with van der Waals surface area (Å²) >= 11 is 1.78.